The van der Waals surface area contributed by atoms with Crippen molar-refractivity contribution in [3.05, 3.63) is 71.0 Å². The molecule has 0 radical (unpaired) electrons. The van der Waals surface area contributed by atoms with Crippen molar-refractivity contribution in [2.24, 2.45) is 0 Å². The minimum atomic E-state index is -3.82. The van der Waals surface area contributed by atoms with Crippen LogP contribution in [0.2, 0.25) is 5.02 Å². The summed E-state index contributed by atoms with van der Waals surface area (Å²) in [4.78, 5) is 0.0876. The number of ether oxygens (including phenoxy) is 1. The Morgan fingerprint density at radius 2 is 1.85 bits per heavy atom. The predicted octanol–water partition coefficient (Wildman–Crippen LogP) is 3.78. The molecule has 0 saturated carbocycles. The lowest BCUT2D eigenvalue weighted by Crippen LogP contribution is -2.15. The molecule has 0 saturated heterocycles. The van der Waals surface area contributed by atoms with E-state index in [0.717, 1.165) is 5.56 Å². The fourth-order valence-electron chi connectivity index (χ4n) is 2.63. The molecule has 0 aliphatic heterocycles. The number of sulfonamides is 1. The Morgan fingerprint density at radius 1 is 1.15 bits per heavy atom. The predicted molar refractivity (Wildman–Crippen MR) is 101 cm³/mol. The monoisotopic (exact) mass is 391 g/mol. The van der Waals surface area contributed by atoms with E-state index in [4.69, 9.17) is 16.3 Å². The van der Waals surface area contributed by atoms with Crippen molar-refractivity contribution < 1.29 is 13.2 Å². The number of hydrogen-bond acceptors (Lipinski definition) is 4. The van der Waals surface area contributed by atoms with E-state index in [0.29, 0.717) is 28.7 Å². The first-order valence-electron chi connectivity index (χ1n) is 7.83. The summed E-state index contributed by atoms with van der Waals surface area (Å²) in [5.74, 6) is 0. The SMILES string of the molecule is COCc1ccccc1NS(=O)(=O)c1cnn(-c2ccccc2Cl)c1C. The quantitative estimate of drug-likeness (QED) is 0.694. The number of para-hydroxylation sites is 2. The Bertz CT molecular complexity index is 1030. The molecule has 1 N–H and O–H groups in total. The lowest BCUT2D eigenvalue weighted by molar-refractivity contribution is 0.185. The number of methoxy groups -OCH3 is 1. The van der Waals surface area contributed by atoms with E-state index in [1.807, 2.05) is 12.1 Å². The molecule has 3 aromatic rings. The van der Waals surface area contributed by atoms with Gasteiger partial charge in [-0.15, -0.1) is 0 Å². The molecule has 0 unspecified atom stereocenters. The van der Waals surface area contributed by atoms with Gasteiger partial charge in [-0.25, -0.2) is 13.1 Å². The minimum Gasteiger partial charge on any atom is -0.380 e. The van der Waals surface area contributed by atoms with Gasteiger partial charge in [0.1, 0.15) is 4.90 Å². The van der Waals surface area contributed by atoms with E-state index in [1.54, 1.807) is 50.4 Å². The second kappa shape index (κ2) is 7.49. The van der Waals surface area contributed by atoms with Crippen molar-refractivity contribution in [2.45, 2.75) is 18.4 Å². The summed E-state index contributed by atoms with van der Waals surface area (Å²) in [5.41, 5.74) is 2.30. The Balaban J connectivity index is 1.98. The fourth-order valence-corrected chi connectivity index (χ4v) is 4.10. The molecule has 1 aromatic heterocycles. The Kier molecular flexibility index (Phi) is 5.31. The van der Waals surface area contributed by atoms with E-state index in [9.17, 15) is 8.42 Å². The summed E-state index contributed by atoms with van der Waals surface area (Å²) in [6, 6.07) is 14.2. The van der Waals surface area contributed by atoms with Crippen molar-refractivity contribution in [3.63, 3.8) is 0 Å². The lowest BCUT2D eigenvalue weighted by Gasteiger charge is -2.12. The van der Waals surface area contributed by atoms with Crippen LogP contribution in [0.1, 0.15) is 11.3 Å². The Morgan fingerprint density at radius 3 is 2.58 bits per heavy atom. The van der Waals surface area contributed by atoms with Gasteiger partial charge in [0.2, 0.25) is 0 Å². The number of nitrogens with zero attached hydrogens (tertiary/aromatic N) is 2. The number of benzene rings is 2. The van der Waals surface area contributed by atoms with Crippen molar-refractivity contribution in [1.29, 1.82) is 0 Å². The van der Waals surface area contributed by atoms with Crippen LogP contribution in [0.5, 0.6) is 0 Å². The van der Waals surface area contributed by atoms with Gasteiger partial charge in [-0.1, -0.05) is 41.9 Å². The van der Waals surface area contributed by atoms with E-state index in [-0.39, 0.29) is 4.90 Å². The van der Waals surface area contributed by atoms with E-state index in [1.165, 1.54) is 10.9 Å². The van der Waals surface area contributed by atoms with Gasteiger partial charge < -0.3 is 4.74 Å². The third-order valence-electron chi connectivity index (χ3n) is 3.90. The van der Waals surface area contributed by atoms with Gasteiger partial charge in [-0.05, 0) is 25.1 Å². The summed E-state index contributed by atoms with van der Waals surface area (Å²) in [6.45, 7) is 1.99. The van der Waals surface area contributed by atoms with Gasteiger partial charge in [0, 0.05) is 12.7 Å². The third-order valence-corrected chi connectivity index (χ3v) is 5.68. The van der Waals surface area contributed by atoms with Gasteiger partial charge in [0.15, 0.2) is 0 Å². The maximum absolute atomic E-state index is 12.9. The zero-order valence-electron chi connectivity index (χ0n) is 14.3. The van der Waals surface area contributed by atoms with Crippen molar-refractivity contribution in [2.75, 3.05) is 11.8 Å². The molecule has 0 atom stereocenters. The van der Waals surface area contributed by atoms with Crippen LogP contribution in [0.3, 0.4) is 0 Å². The molecule has 0 bridgehead atoms. The first kappa shape index (κ1) is 18.4. The van der Waals surface area contributed by atoms with Gasteiger partial charge >= 0.3 is 0 Å². The summed E-state index contributed by atoms with van der Waals surface area (Å²) in [5, 5.41) is 4.69. The highest BCUT2D eigenvalue weighted by Gasteiger charge is 2.23. The number of halogens is 1. The molecule has 26 heavy (non-hydrogen) atoms. The van der Waals surface area contributed by atoms with Crippen molar-refractivity contribution >= 4 is 27.3 Å². The summed E-state index contributed by atoms with van der Waals surface area (Å²) in [6.07, 6.45) is 1.32. The van der Waals surface area contributed by atoms with Crippen molar-refractivity contribution in [3.8, 4) is 5.69 Å². The van der Waals surface area contributed by atoms with Crippen LogP contribution in [-0.2, 0) is 21.4 Å². The summed E-state index contributed by atoms with van der Waals surface area (Å²) in [7, 11) is -2.26. The molecule has 1 heterocycles. The van der Waals surface area contributed by atoms with Gasteiger partial charge in [0.05, 0.1) is 34.9 Å². The molecule has 0 aliphatic carbocycles. The number of rotatable bonds is 6. The average molecular weight is 392 g/mol. The Labute approximate surface area is 157 Å². The van der Waals surface area contributed by atoms with Crippen LogP contribution in [0, 0.1) is 6.92 Å². The fraction of sp³-hybridized carbons (Fsp3) is 0.167. The number of nitrogens with one attached hydrogen (secondary N) is 1. The molecular formula is C18H18ClN3O3S. The highest BCUT2D eigenvalue weighted by atomic mass is 35.5. The smallest absolute Gasteiger partial charge is 0.265 e. The van der Waals surface area contributed by atoms with Crippen LogP contribution in [0.25, 0.3) is 5.69 Å². The molecular weight excluding hydrogens is 374 g/mol. The zero-order chi connectivity index (χ0) is 18.7. The molecule has 0 fully saturated rings. The molecule has 0 aliphatic rings. The van der Waals surface area contributed by atoms with E-state index in [2.05, 4.69) is 9.82 Å². The maximum atomic E-state index is 12.9. The second-order valence-corrected chi connectivity index (χ2v) is 7.71. The molecule has 8 heteroatoms. The topological polar surface area (TPSA) is 73.2 Å². The number of anilines is 1. The van der Waals surface area contributed by atoms with Crippen molar-refractivity contribution in [1.82, 2.24) is 9.78 Å². The first-order valence-corrected chi connectivity index (χ1v) is 9.69. The normalized spacial score (nSPS) is 11.5. The van der Waals surface area contributed by atoms with Gasteiger partial charge in [-0.3, -0.25) is 4.72 Å². The average Bonchev–Trinajstić information content (AvgIpc) is 2.99. The third kappa shape index (κ3) is 3.60. The number of aromatic nitrogens is 2. The summed E-state index contributed by atoms with van der Waals surface area (Å²) < 4.78 is 35.0. The van der Waals surface area contributed by atoms with Crippen LogP contribution in [0.15, 0.2) is 59.6 Å². The highest BCUT2D eigenvalue weighted by Crippen LogP contribution is 2.26. The summed E-state index contributed by atoms with van der Waals surface area (Å²) >= 11 is 6.20. The van der Waals surface area contributed by atoms with Gasteiger partial charge in [0.25, 0.3) is 10.0 Å². The van der Waals surface area contributed by atoms with Crippen LogP contribution >= 0.6 is 11.6 Å². The molecule has 2 aromatic carbocycles. The lowest BCUT2D eigenvalue weighted by atomic mass is 10.2. The van der Waals surface area contributed by atoms with Gasteiger partial charge in [-0.2, -0.15) is 5.10 Å². The van der Waals surface area contributed by atoms with Crippen LogP contribution < -0.4 is 4.72 Å². The second-order valence-electron chi connectivity index (χ2n) is 5.65. The number of hydrogen-bond donors (Lipinski definition) is 1. The van der Waals surface area contributed by atoms with Crippen LogP contribution in [-0.4, -0.2) is 25.3 Å². The maximum Gasteiger partial charge on any atom is 0.265 e. The minimum absolute atomic E-state index is 0.0876. The van der Waals surface area contributed by atoms with E-state index < -0.39 is 10.0 Å². The van der Waals surface area contributed by atoms with Crippen LogP contribution in [0.4, 0.5) is 5.69 Å². The first-order chi connectivity index (χ1) is 12.4. The zero-order valence-corrected chi connectivity index (χ0v) is 15.9. The molecule has 6 nitrogen and oxygen atoms in total. The highest BCUT2D eigenvalue weighted by molar-refractivity contribution is 7.92. The molecule has 3 rings (SSSR count). The van der Waals surface area contributed by atoms with E-state index >= 15 is 0 Å². The Hall–Kier alpha value is -2.35. The molecule has 136 valence electrons. The molecule has 0 spiro atoms. The molecule has 0 amide bonds. The largest absolute Gasteiger partial charge is 0.380 e. The standard InChI is InChI=1S/C18H18ClN3O3S/c1-13-18(11-20-22(13)17-10-6-4-8-15(17)19)26(23,24)21-16-9-5-3-7-14(16)12-25-2/h3-11,21H,12H2,1-2H3.